The minimum absolute atomic E-state index is 0.391. The molecule has 11 nitrogen and oxygen atoms in total. The molecule has 4 aromatic heterocycles. The van der Waals surface area contributed by atoms with Crippen LogP contribution in [0.15, 0.2) is 36.8 Å². The molecule has 5 heterocycles. The highest BCUT2D eigenvalue weighted by atomic mass is 16.8. The summed E-state index contributed by atoms with van der Waals surface area (Å²) in [5.41, 5.74) is 5.85. The van der Waals surface area contributed by atoms with Crippen LogP contribution in [0, 0.1) is 0 Å². The number of anilines is 1. The summed E-state index contributed by atoms with van der Waals surface area (Å²) in [5, 5.41) is 21.3. The number of fused-ring (bicyclic) bond motifs is 3. The van der Waals surface area contributed by atoms with Gasteiger partial charge in [0.1, 0.15) is 11.6 Å². The first kappa shape index (κ1) is 21.0. The first-order valence-electron chi connectivity index (χ1n) is 10.8. The van der Waals surface area contributed by atoms with Crippen molar-refractivity contribution in [2.24, 2.45) is 0 Å². The minimum Gasteiger partial charge on any atom is -0.492 e. The van der Waals surface area contributed by atoms with Crippen molar-refractivity contribution in [2.75, 3.05) is 24.6 Å². The van der Waals surface area contributed by atoms with Gasteiger partial charge in [-0.25, -0.2) is 14.3 Å². The predicted octanol–water partition coefficient (Wildman–Crippen LogP) is 3.23. The molecule has 1 saturated heterocycles. The van der Waals surface area contributed by atoms with Crippen LogP contribution >= 0.6 is 0 Å². The minimum atomic E-state index is -1.33. The summed E-state index contributed by atoms with van der Waals surface area (Å²) >= 11 is 0. The summed E-state index contributed by atoms with van der Waals surface area (Å²) in [4.78, 5) is 22.2. The molecule has 0 aromatic carbocycles. The molecule has 0 amide bonds. The zero-order valence-electron chi connectivity index (χ0n) is 18.4. The summed E-state index contributed by atoms with van der Waals surface area (Å²) < 4.78 is 7.57. The second-order valence-corrected chi connectivity index (χ2v) is 8.37. The molecule has 0 atom stereocenters. The van der Waals surface area contributed by atoms with Crippen molar-refractivity contribution >= 4 is 28.5 Å². The Morgan fingerprint density at radius 2 is 2.12 bits per heavy atom. The lowest BCUT2D eigenvalue weighted by Gasteiger charge is -2.39. The van der Waals surface area contributed by atoms with E-state index in [1.807, 2.05) is 49.0 Å². The Morgan fingerprint density at radius 3 is 2.82 bits per heavy atom. The standard InChI is InChI=1S/C22H25N7O4/c1-3-32-15-10-16(19-17-12-24-25-20(17)26-29(19)13-15)14-4-5-18(23-11-14)28-8-6-22(2,7-9-28)27-33-21(30)31/h4-5,10-13,27H,3,6-9H2,1-2H3,(H,25,26)(H,30,31). The third-order valence-corrected chi connectivity index (χ3v) is 6.05. The quantitative estimate of drug-likeness (QED) is 0.378. The number of piperidine rings is 1. The molecular weight excluding hydrogens is 426 g/mol. The number of carbonyl (C=O) groups is 1. The van der Waals surface area contributed by atoms with E-state index in [2.05, 4.69) is 30.5 Å². The monoisotopic (exact) mass is 451 g/mol. The van der Waals surface area contributed by atoms with E-state index in [1.54, 1.807) is 6.20 Å². The first-order valence-corrected chi connectivity index (χ1v) is 10.8. The Hall–Kier alpha value is -3.86. The van der Waals surface area contributed by atoms with Crippen molar-refractivity contribution in [3.63, 3.8) is 0 Å². The van der Waals surface area contributed by atoms with Gasteiger partial charge in [0.2, 0.25) is 0 Å². The number of ether oxygens (including phenoxy) is 1. The first-order chi connectivity index (χ1) is 16.0. The molecule has 1 aliphatic heterocycles. The molecule has 0 unspecified atom stereocenters. The number of aromatic amines is 1. The van der Waals surface area contributed by atoms with Gasteiger partial charge in [0.25, 0.3) is 0 Å². The lowest BCUT2D eigenvalue weighted by molar-refractivity contribution is -0.00512. The normalized spacial score (nSPS) is 15.8. The number of aromatic nitrogens is 5. The van der Waals surface area contributed by atoms with Crippen LogP contribution in [0.3, 0.4) is 0 Å². The summed E-state index contributed by atoms with van der Waals surface area (Å²) in [7, 11) is 0. The molecule has 0 aliphatic carbocycles. The zero-order chi connectivity index (χ0) is 23.0. The van der Waals surface area contributed by atoms with Crippen molar-refractivity contribution in [2.45, 2.75) is 32.2 Å². The molecule has 11 heteroatoms. The number of hydrogen-bond donors (Lipinski definition) is 3. The van der Waals surface area contributed by atoms with Crippen LogP contribution in [0.1, 0.15) is 26.7 Å². The Bertz CT molecular complexity index is 1290. The molecule has 0 bridgehead atoms. The van der Waals surface area contributed by atoms with E-state index in [1.165, 1.54) is 0 Å². The molecule has 0 radical (unpaired) electrons. The van der Waals surface area contributed by atoms with Gasteiger partial charge in [-0.05, 0) is 44.9 Å². The van der Waals surface area contributed by atoms with Gasteiger partial charge in [0.05, 0.1) is 35.4 Å². The topological polar surface area (TPSA) is 130 Å². The van der Waals surface area contributed by atoms with Crippen LogP contribution < -0.4 is 15.1 Å². The molecule has 33 heavy (non-hydrogen) atoms. The van der Waals surface area contributed by atoms with Gasteiger partial charge >= 0.3 is 6.16 Å². The summed E-state index contributed by atoms with van der Waals surface area (Å²) in [6.45, 7) is 5.94. The van der Waals surface area contributed by atoms with E-state index in [-0.39, 0.29) is 0 Å². The van der Waals surface area contributed by atoms with Crippen molar-refractivity contribution in [1.82, 2.24) is 30.3 Å². The van der Waals surface area contributed by atoms with E-state index in [9.17, 15) is 4.79 Å². The van der Waals surface area contributed by atoms with Crippen LogP contribution in [0.2, 0.25) is 0 Å². The highest BCUT2D eigenvalue weighted by Gasteiger charge is 2.32. The van der Waals surface area contributed by atoms with Crippen molar-refractivity contribution in [3.05, 3.63) is 36.8 Å². The van der Waals surface area contributed by atoms with E-state index < -0.39 is 11.7 Å². The maximum absolute atomic E-state index is 10.7. The van der Waals surface area contributed by atoms with Gasteiger partial charge in [-0.1, -0.05) is 0 Å². The third-order valence-electron chi connectivity index (χ3n) is 6.05. The lowest BCUT2D eigenvalue weighted by Crippen LogP contribution is -2.52. The van der Waals surface area contributed by atoms with E-state index in [0.29, 0.717) is 12.3 Å². The van der Waals surface area contributed by atoms with Crippen LogP contribution in [-0.2, 0) is 4.84 Å². The maximum Gasteiger partial charge on any atom is 0.525 e. The highest BCUT2D eigenvalue weighted by molar-refractivity contribution is 6.00. The number of nitrogens with zero attached hydrogens (tertiary/aromatic N) is 5. The average molecular weight is 451 g/mol. The Kier molecular flexibility index (Phi) is 5.25. The zero-order valence-corrected chi connectivity index (χ0v) is 18.4. The van der Waals surface area contributed by atoms with Crippen LogP contribution in [0.25, 0.3) is 27.7 Å². The third kappa shape index (κ3) is 4.02. The molecule has 4 aromatic rings. The van der Waals surface area contributed by atoms with Crippen molar-refractivity contribution in [1.29, 1.82) is 0 Å². The number of hydrogen-bond acceptors (Lipinski definition) is 8. The van der Waals surface area contributed by atoms with Gasteiger partial charge in [0, 0.05) is 30.4 Å². The fourth-order valence-corrected chi connectivity index (χ4v) is 4.24. The SMILES string of the molecule is CCOc1cc(-c2ccc(N3CCC(C)(NOC(=O)O)CC3)nc2)c2c3cn[nH]c3nn2c1. The number of rotatable bonds is 6. The molecule has 1 fully saturated rings. The highest BCUT2D eigenvalue weighted by Crippen LogP contribution is 2.34. The van der Waals surface area contributed by atoms with Crippen molar-refractivity contribution < 1.29 is 19.5 Å². The molecule has 0 saturated carbocycles. The largest absolute Gasteiger partial charge is 0.525 e. The fourth-order valence-electron chi connectivity index (χ4n) is 4.24. The van der Waals surface area contributed by atoms with Crippen LogP contribution in [0.4, 0.5) is 10.6 Å². The second kappa shape index (κ2) is 8.24. The molecule has 5 rings (SSSR count). The molecule has 3 N–H and O–H groups in total. The lowest BCUT2D eigenvalue weighted by atomic mass is 9.90. The maximum atomic E-state index is 10.7. The summed E-state index contributed by atoms with van der Waals surface area (Å²) in [6, 6.07) is 6.06. The van der Waals surface area contributed by atoms with Gasteiger partial charge in [-0.2, -0.15) is 5.10 Å². The van der Waals surface area contributed by atoms with Gasteiger partial charge in [-0.15, -0.1) is 10.6 Å². The average Bonchev–Trinajstić information content (AvgIpc) is 3.39. The summed E-state index contributed by atoms with van der Waals surface area (Å²) in [6.07, 6.45) is 5.63. The number of H-pyrrole nitrogens is 1. The second-order valence-electron chi connectivity index (χ2n) is 8.37. The van der Waals surface area contributed by atoms with Gasteiger partial charge < -0.3 is 19.6 Å². The van der Waals surface area contributed by atoms with Gasteiger partial charge in [0.15, 0.2) is 5.65 Å². The van der Waals surface area contributed by atoms with Gasteiger partial charge in [-0.3, -0.25) is 5.10 Å². The Labute approximate surface area is 189 Å². The number of carboxylic acid groups (broad SMARTS) is 1. The number of pyridine rings is 2. The Balaban J connectivity index is 1.40. The van der Waals surface area contributed by atoms with Crippen molar-refractivity contribution in [3.8, 4) is 16.9 Å². The molecule has 1 aliphatic rings. The summed E-state index contributed by atoms with van der Waals surface area (Å²) in [5.74, 6) is 1.60. The number of nitrogens with one attached hydrogen (secondary N) is 2. The van der Waals surface area contributed by atoms with E-state index in [4.69, 9.17) is 14.8 Å². The van der Waals surface area contributed by atoms with Crippen LogP contribution in [0.5, 0.6) is 5.75 Å². The Morgan fingerprint density at radius 1 is 1.30 bits per heavy atom. The predicted molar refractivity (Wildman–Crippen MR) is 121 cm³/mol. The fraction of sp³-hybridized carbons (Fsp3) is 0.364. The number of hydroxylamine groups is 1. The molecular formula is C22H25N7O4. The van der Waals surface area contributed by atoms with E-state index >= 15 is 0 Å². The molecule has 172 valence electrons. The smallest absolute Gasteiger partial charge is 0.492 e. The molecule has 0 spiro atoms. The van der Waals surface area contributed by atoms with Crippen LogP contribution in [-0.4, -0.2) is 61.3 Å². The van der Waals surface area contributed by atoms with E-state index in [0.717, 1.165) is 59.5 Å².